The van der Waals surface area contributed by atoms with E-state index in [9.17, 15) is 19.7 Å². The lowest BCUT2D eigenvalue weighted by Gasteiger charge is -2.20. The third kappa shape index (κ3) is 5.55. The smallest absolute Gasteiger partial charge is 0.331 e. The van der Waals surface area contributed by atoms with Gasteiger partial charge in [0.15, 0.2) is 18.1 Å². The van der Waals surface area contributed by atoms with Crippen molar-refractivity contribution in [1.82, 2.24) is 0 Å². The van der Waals surface area contributed by atoms with Gasteiger partial charge < -0.3 is 19.5 Å². The lowest BCUT2D eigenvalue weighted by atomic mass is 10.2. The van der Waals surface area contributed by atoms with Crippen LogP contribution in [0.4, 0.5) is 11.4 Å². The number of halogens is 1. The van der Waals surface area contributed by atoms with Gasteiger partial charge in [0.25, 0.3) is 11.6 Å². The molecule has 0 radical (unpaired) electrons. The van der Waals surface area contributed by atoms with Gasteiger partial charge in [-0.2, -0.15) is 0 Å². The van der Waals surface area contributed by atoms with Crippen LogP contribution in [-0.2, 0) is 14.3 Å². The van der Waals surface area contributed by atoms with E-state index in [1.807, 2.05) is 0 Å². The molecule has 0 spiro atoms. The Labute approximate surface area is 173 Å². The minimum atomic E-state index is -0.757. The molecule has 0 aromatic heterocycles. The van der Waals surface area contributed by atoms with Crippen LogP contribution >= 0.6 is 15.9 Å². The Balaban J connectivity index is 1.53. The Bertz CT molecular complexity index is 991. The monoisotopic (exact) mass is 462 g/mol. The lowest BCUT2D eigenvalue weighted by Crippen LogP contribution is -2.21. The van der Waals surface area contributed by atoms with E-state index in [2.05, 4.69) is 21.2 Å². The number of carbonyl (C=O) groups excluding carboxylic acids is 2. The largest absolute Gasteiger partial charge is 0.486 e. The van der Waals surface area contributed by atoms with Crippen molar-refractivity contribution >= 4 is 45.3 Å². The summed E-state index contributed by atoms with van der Waals surface area (Å²) < 4.78 is 16.4. The van der Waals surface area contributed by atoms with Gasteiger partial charge >= 0.3 is 5.97 Å². The molecule has 2 aromatic rings. The Hall–Kier alpha value is -3.40. The van der Waals surface area contributed by atoms with Crippen molar-refractivity contribution in [2.24, 2.45) is 0 Å². The first kappa shape index (κ1) is 20.3. The predicted octanol–water partition coefficient (Wildman–Crippen LogP) is 3.32. The standard InChI is InChI=1S/C19H15BrN2O7/c20-14-9-16-17(28-7-6-27-16)10-15(14)21-18(23)11-29-19(24)5-4-12-2-1-3-13(8-12)22(25)26/h1-5,8-10H,6-7,11H2,(H,21,23)/b5-4+. The molecule has 0 fully saturated rings. The van der Waals surface area contributed by atoms with E-state index < -0.39 is 23.4 Å². The van der Waals surface area contributed by atoms with E-state index in [0.29, 0.717) is 40.4 Å². The number of nitro groups is 1. The normalized spacial score (nSPS) is 12.4. The average molecular weight is 463 g/mol. The molecule has 1 amide bonds. The number of nitrogens with zero attached hydrogens (tertiary/aromatic N) is 1. The van der Waals surface area contributed by atoms with Crippen LogP contribution in [0.15, 0.2) is 46.9 Å². The molecular formula is C19H15BrN2O7. The third-order valence-electron chi connectivity index (χ3n) is 3.74. The first-order chi connectivity index (χ1) is 13.9. The van der Waals surface area contributed by atoms with E-state index in [1.165, 1.54) is 24.3 Å². The minimum absolute atomic E-state index is 0.0927. The number of hydrogen-bond donors (Lipinski definition) is 1. The lowest BCUT2D eigenvalue weighted by molar-refractivity contribution is -0.384. The van der Waals surface area contributed by atoms with Crippen molar-refractivity contribution in [3.05, 3.63) is 62.6 Å². The van der Waals surface area contributed by atoms with Gasteiger partial charge in [-0.15, -0.1) is 0 Å². The molecule has 2 aromatic carbocycles. The summed E-state index contributed by atoms with van der Waals surface area (Å²) >= 11 is 3.33. The number of carbonyl (C=O) groups is 2. The fourth-order valence-electron chi connectivity index (χ4n) is 2.44. The molecule has 10 heteroatoms. The highest BCUT2D eigenvalue weighted by Crippen LogP contribution is 2.38. The topological polar surface area (TPSA) is 117 Å². The molecule has 0 atom stereocenters. The van der Waals surface area contributed by atoms with Gasteiger partial charge in [0, 0.05) is 34.8 Å². The number of ether oxygens (including phenoxy) is 3. The molecule has 150 valence electrons. The Morgan fingerprint density at radius 1 is 1.21 bits per heavy atom. The highest BCUT2D eigenvalue weighted by molar-refractivity contribution is 9.10. The quantitative estimate of drug-likeness (QED) is 0.302. The van der Waals surface area contributed by atoms with E-state index >= 15 is 0 Å². The molecule has 1 aliphatic rings. The summed E-state index contributed by atoms with van der Waals surface area (Å²) in [4.78, 5) is 34.1. The van der Waals surface area contributed by atoms with Crippen LogP contribution in [0.2, 0.25) is 0 Å². The maximum absolute atomic E-state index is 12.1. The highest BCUT2D eigenvalue weighted by Gasteiger charge is 2.16. The van der Waals surface area contributed by atoms with E-state index in [1.54, 1.807) is 18.2 Å². The van der Waals surface area contributed by atoms with Crippen molar-refractivity contribution in [2.45, 2.75) is 0 Å². The van der Waals surface area contributed by atoms with Crippen LogP contribution in [0.1, 0.15) is 5.56 Å². The van der Waals surface area contributed by atoms with Crippen molar-refractivity contribution in [1.29, 1.82) is 0 Å². The summed E-state index contributed by atoms with van der Waals surface area (Å²) in [5.74, 6) is -0.224. The number of non-ortho nitro benzene ring substituents is 1. The van der Waals surface area contributed by atoms with Crippen molar-refractivity contribution in [3.8, 4) is 11.5 Å². The highest BCUT2D eigenvalue weighted by atomic mass is 79.9. The second kappa shape index (κ2) is 9.20. The van der Waals surface area contributed by atoms with Gasteiger partial charge in [0.1, 0.15) is 13.2 Å². The maximum Gasteiger partial charge on any atom is 0.331 e. The van der Waals surface area contributed by atoms with Crippen molar-refractivity contribution in [3.63, 3.8) is 0 Å². The third-order valence-corrected chi connectivity index (χ3v) is 4.40. The first-order valence-corrected chi connectivity index (χ1v) is 9.20. The minimum Gasteiger partial charge on any atom is -0.486 e. The summed E-state index contributed by atoms with van der Waals surface area (Å²) in [5.41, 5.74) is 0.813. The number of esters is 1. The number of nitrogens with one attached hydrogen (secondary N) is 1. The first-order valence-electron chi connectivity index (χ1n) is 8.40. The number of nitro benzene ring substituents is 1. The summed E-state index contributed by atoms with van der Waals surface area (Å²) in [6, 6.07) is 9.05. The molecule has 29 heavy (non-hydrogen) atoms. The van der Waals surface area contributed by atoms with Crippen molar-refractivity contribution in [2.75, 3.05) is 25.1 Å². The molecule has 0 unspecified atom stereocenters. The van der Waals surface area contributed by atoms with Gasteiger partial charge in [0.05, 0.1) is 10.6 Å². The number of anilines is 1. The maximum atomic E-state index is 12.1. The van der Waals surface area contributed by atoms with Crippen LogP contribution < -0.4 is 14.8 Å². The molecule has 9 nitrogen and oxygen atoms in total. The van der Waals surface area contributed by atoms with Gasteiger partial charge in [-0.05, 0) is 27.6 Å². The van der Waals surface area contributed by atoms with Crippen LogP contribution in [0.3, 0.4) is 0 Å². The molecule has 0 saturated carbocycles. The molecule has 3 rings (SSSR count). The number of fused-ring (bicyclic) bond motifs is 1. The van der Waals surface area contributed by atoms with Crippen molar-refractivity contribution < 1.29 is 28.7 Å². The summed E-state index contributed by atoms with van der Waals surface area (Å²) in [6.45, 7) is 0.362. The van der Waals surface area contributed by atoms with E-state index in [-0.39, 0.29) is 5.69 Å². The molecule has 1 aliphatic heterocycles. The van der Waals surface area contributed by atoms with Crippen LogP contribution in [0.25, 0.3) is 6.08 Å². The average Bonchev–Trinajstić information content (AvgIpc) is 2.71. The molecular weight excluding hydrogens is 448 g/mol. The number of rotatable bonds is 6. The molecule has 0 bridgehead atoms. The zero-order valence-electron chi connectivity index (χ0n) is 14.9. The predicted molar refractivity (Wildman–Crippen MR) is 107 cm³/mol. The van der Waals surface area contributed by atoms with Crippen LogP contribution in [0, 0.1) is 10.1 Å². The van der Waals surface area contributed by atoms with E-state index in [4.69, 9.17) is 14.2 Å². The summed E-state index contributed by atoms with van der Waals surface area (Å²) in [5, 5.41) is 13.4. The van der Waals surface area contributed by atoms with Gasteiger partial charge in [-0.25, -0.2) is 4.79 Å². The Morgan fingerprint density at radius 2 is 1.93 bits per heavy atom. The fraction of sp³-hybridized carbons (Fsp3) is 0.158. The van der Waals surface area contributed by atoms with Crippen LogP contribution in [0.5, 0.6) is 11.5 Å². The Kier molecular flexibility index (Phi) is 6.45. The Morgan fingerprint density at radius 3 is 2.66 bits per heavy atom. The molecule has 1 N–H and O–H groups in total. The van der Waals surface area contributed by atoms with Crippen LogP contribution in [-0.4, -0.2) is 36.6 Å². The second-order valence-electron chi connectivity index (χ2n) is 5.82. The molecule has 0 aliphatic carbocycles. The zero-order chi connectivity index (χ0) is 20.8. The number of amides is 1. The fourth-order valence-corrected chi connectivity index (χ4v) is 2.86. The zero-order valence-corrected chi connectivity index (χ0v) is 16.5. The second-order valence-corrected chi connectivity index (χ2v) is 6.67. The number of benzene rings is 2. The van der Waals surface area contributed by atoms with Gasteiger partial charge in [-0.3, -0.25) is 14.9 Å². The summed E-state index contributed by atoms with van der Waals surface area (Å²) in [6.07, 6.45) is 2.46. The van der Waals surface area contributed by atoms with E-state index in [0.717, 1.165) is 6.08 Å². The molecule has 0 saturated heterocycles. The SMILES string of the molecule is O=C(COC(=O)/C=C/c1cccc([N+](=O)[O-])c1)Nc1cc2c(cc1Br)OCCO2. The summed E-state index contributed by atoms with van der Waals surface area (Å²) in [7, 11) is 0. The molecule has 1 heterocycles. The number of hydrogen-bond acceptors (Lipinski definition) is 7. The van der Waals surface area contributed by atoms with Gasteiger partial charge in [-0.1, -0.05) is 12.1 Å². The van der Waals surface area contributed by atoms with Gasteiger partial charge in [0.2, 0.25) is 0 Å².